The summed E-state index contributed by atoms with van der Waals surface area (Å²) in [6, 6.07) is 24.6. The number of benzene rings is 2. The Morgan fingerprint density at radius 2 is 1.68 bits per heavy atom. The van der Waals surface area contributed by atoms with Crippen LogP contribution in [0, 0.1) is 0 Å². The van der Waals surface area contributed by atoms with E-state index in [1.165, 1.54) is 47.5 Å². The van der Waals surface area contributed by atoms with Crippen molar-refractivity contribution in [3.63, 3.8) is 0 Å². The van der Waals surface area contributed by atoms with E-state index in [9.17, 15) is 0 Å². The van der Waals surface area contributed by atoms with Gasteiger partial charge in [-0.1, -0.05) is 75.2 Å². The number of para-hydroxylation sites is 1. The first-order chi connectivity index (χ1) is 15.2. The van der Waals surface area contributed by atoms with Crippen molar-refractivity contribution in [1.82, 2.24) is 4.98 Å². The molecule has 0 spiro atoms. The van der Waals surface area contributed by atoms with Gasteiger partial charge in [0, 0.05) is 11.9 Å². The van der Waals surface area contributed by atoms with Crippen molar-refractivity contribution in [2.24, 2.45) is 4.99 Å². The number of amidine groups is 1. The van der Waals surface area contributed by atoms with Crippen LogP contribution in [0.4, 0.5) is 5.69 Å². The van der Waals surface area contributed by atoms with Crippen LogP contribution in [0.15, 0.2) is 77.9 Å². The summed E-state index contributed by atoms with van der Waals surface area (Å²) in [5, 5.41) is 0. The number of hydrogen-bond donors (Lipinski definition) is 0. The summed E-state index contributed by atoms with van der Waals surface area (Å²) in [5.74, 6) is 1.71. The standard InChI is InChI=1S/C28H31N3/c1-4-5-14-25-20(3)30-28-27(19(2)23-13-9-10-15-26(23)31(25)28)24-18-22(16-17-29-24)21-11-7-6-8-12-21/h6-13,15-20,25,27H,4-5,14H2,1-3H3. The molecule has 31 heavy (non-hydrogen) atoms. The van der Waals surface area contributed by atoms with Gasteiger partial charge in [-0.2, -0.15) is 0 Å². The van der Waals surface area contributed by atoms with Crippen LogP contribution < -0.4 is 4.90 Å². The van der Waals surface area contributed by atoms with Crippen LogP contribution in [0.5, 0.6) is 0 Å². The molecule has 4 atom stereocenters. The molecule has 2 aliphatic rings. The minimum atomic E-state index is 0.174. The highest BCUT2D eigenvalue weighted by Gasteiger charge is 2.45. The second-order valence-electron chi connectivity index (χ2n) is 8.97. The molecule has 0 saturated carbocycles. The zero-order valence-corrected chi connectivity index (χ0v) is 18.7. The van der Waals surface area contributed by atoms with Crippen molar-refractivity contribution in [1.29, 1.82) is 0 Å². The van der Waals surface area contributed by atoms with Gasteiger partial charge in [-0.25, -0.2) is 0 Å². The van der Waals surface area contributed by atoms with Crippen LogP contribution in [0.1, 0.15) is 63.1 Å². The summed E-state index contributed by atoms with van der Waals surface area (Å²) in [6.07, 6.45) is 5.59. The highest BCUT2D eigenvalue weighted by atomic mass is 15.3. The zero-order valence-electron chi connectivity index (χ0n) is 18.7. The van der Waals surface area contributed by atoms with Gasteiger partial charge in [0.25, 0.3) is 0 Å². The first-order valence-corrected chi connectivity index (χ1v) is 11.7. The molecule has 0 radical (unpaired) electrons. The smallest absolute Gasteiger partial charge is 0.114 e. The molecular weight excluding hydrogens is 378 g/mol. The van der Waals surface area contributed by atoms with Crippen LogP contribution in [-0.4, -0.2) is 22.9 Å². The molecule has 0 N–H and O–H groups in total. The van der Waals surface area contributed by atoms with Gasteiger partial charge in [0.2, 0.25) is 0 Å². The lowest BCUT2D eigenvalue weighted by Crippen LogP contribution is -2.45. The molecule has 2 aromatic carbocycles. The first kappa shape index (κ1) is 20.0. The van der Waals surface area contributed by atoms with Crippen molar-refractivity contribution in [2.45, 2.75) is 64.0 Å². The number of unbranched alkanes of at least 4 members (excludes halogenated alkanes) is 1. The molecule has 3 heterocycles. The summed E-state index contributed by atoms with van der Waals surface area (Å²) >= 11 is 0. The Kier molecular flexibility index (Phi) is 5.35. The molecule has 0 fully saturated rings. The Labute approximate surface area is 185 Å². The Bertz CT molecular complexity index is 1090. The van der Waals surface area contributed by atoms with E-state index < -0.39 is 0 Å². The molecule has 0 amide bonds. The normalized spacial score (nSPS) is 24.5. The maximum atomic E-state index is 5.26. The minimum absolute atomic E-state index is 0.174. The summed E-state index contributed by atoms with van der Waals surface area (Å²) in [7, 11) is 0. The third kappa shape index (κ3) is 3.46. The van der Waals surface area contributed by atoms with E-state index in [0.29, 0.717) is 18.0 Å². The second-order valence-corrected chi connectivity index (χ2v) is 8.97. The average molecular weight is 410 g/mol. The van der Waals surface area contributed by atoms with Gasteiger partial charge in [0.1, 0.15) is 5.84 Å². The summed E-state index contributed by atoms with van der Waals surface area (Å²) in [4.78, 5) is 12.7. The predicted molar refractivity (Wildman–Crippen MR) is 130 cm³/mol. The molecule has 3 heteroatoms. The molecule has 5 rings (SSSR count). The van der Waals surface area contributed by atoms with Crippen LogP contribution in [0.25, 0.3) is 11.1 Å². The van der Waals surface area contributed by atoms with Crippen molar-refractivity contribution >= 4 is 11.5 Å². The third-order valence-corrected chi connectivity index (χ3v) is 7.00. The first-order valence-electron chi connectivity index (χ1n) is 11.7. The third-order valence-electron chi connectivity index (χ3n) is 7.00. The van der Waals surface area contributed by atoms with E-state index in [4.69, 9.17) is 9.98 Å². The number of nitrogens with zero attached hydrogens (tertiary/aromatic N) is 3. The quantitative estimate of drug-likeness (QED) is 0.463. The number of fused-ring (bicyclic) bond motifs is 3. The molecule has 3 nitrogen and oxygen atoms in total. The molecular formula is C28H31N3. The van der Waals surface area contributed by atoms with Crippen molar-refractivity contribution < 1.29 is 0 Å². The summed E-state index contributed by atoms with van der Waals surface area (Å²) in [6.45, 7) is 6.89. The number of aromatic nitrogens is 1. The lowest BCUT2D eigenvalue weighted by molar-refractivity contribution is 0.521. The Morgan fingerprint density at radius 3 is 2.48 bits per heavy atom. The highest BCUT2D eigenvalue weighted by Crippen LogP contribution is 2.48. The lowest BCUT2D eigenvalue weighted by atomic mass is 9.78. The molecule has 0 bridgehead atoms. The van der Waals surface area contributed by atoms with Crippen molar-refractivity contribution in [2.75, 3.05) is 4.90 Å². The molecule has 158 valence electrons. The number of hydrogen-bond acceptors (Lipinski definition) is 3. The predicted octanol–water partition coefficient (Wildman–Crippen LogP) is 6.82. The average Bonchev–Trinajstić information content (AvgIpc) is 3.14. The molecule has 1 aromatic heterocycles. The Hall–Kier alpha value is -2.94. The van der Waals surface area contributed by atoms with Crippen LogP contribution in [0.2, 0.25) is 0 Å². The monoisotopic (exact) mass is 409 g/mol. The van der Waals surface area contributed by atoms with Crippen LogP contribution in [-0.2, 0) is 0 Å². The molecule has 0 aliphatic carbocycles. The van der Waals surface area contributed by atoms with E-state index in [0.717, 1.165) is 5.69 Å². The summed E-state index contributed by atoms with van der Waals surface area (Å²) < 4.78 is 0. The maximum absolute atomic E-state index is 5.26. The van der Waals surface area contributed by atoms with Gasteiger partial charge in [-0.15, -0.1) is 0 Å². The van der Waals surface area contributed by atoms with E-state index >= 15 is 0 Å². The lowest BCUT2D eigenvalue weighted by Gasteiger charge is -2.41. The van der Waals surface area contributed by atoms with Gasteiger partial charge in [0.05, 0.1) is 23.7 Å². The van der Waals surface area contributed by atoms with Gasteiger partial charge < -0.3 is 4.90 Å². The molecule has 3 aromatic rings. The van der Waals surface area contributed by atoms with Crippen LogP contribution in [0.3, 0.4) is 0 Å². The van der Waals surface area contributed by atoms with E-state index in [2.05, 4.69) is 92.4 Å². The van der Waals surface area contributed by atoms with Gasteiger partial charge in [-0.05, 0) is 54.2 Å². The Morgan fingerprint density at radius 1 is 0.903 bits per heavy atom. The van der Waals surface area contributed by atoms with Gasteiger partial charge in [-0.3, -0.25) is 9.98 Å². The minimum Gasteiger partial charge on any atom is -0.324 e. The van der Waals surface area contributed by atoms with Crippen molar-refractivity contribution in [3.05, 3.63) is 84.2 Å². The molecule has 4 unspecified atom stereocenters. The number of anilines is 1. The molecule has 2 aliphatic heterocycles. The number of rotatable bonds is 5. The number of aliphatic imine (C=N–C) groups is 1. The van der Waals surface area contributed by atoms with E-state index in [1.807, 2.05) is 6.20 Å². The highest BCUT2D eigenvalue weighted by molar-refractivity contribution is 6.07. The molecule has 0 saturated heterocycles. The maximum Gasteiger partial charge on any atom is 0.114 e. The fourth-order valence-corrected chi connectivity index (χ4v) is 5.37. The van der Waals surface area contributed by atoms with Gasteiger partial charge >= 0.3 is 0 Å². The van der Waals surface area contributed by atoms with Crippen molar-refractivity contribution in [3.8, 4) is 11.1 Å². The second kappa shape index (κ2) is 8.30. The van der Waals surface area contributed by atoms with E-state index in [1.54, 1.807) is 0 Å². The largest absolute Gasteiger partial charge is 0.324 e. The van der Waals surface area contributed by atoms with Gasteiger partial charge in [0.15, 0.2) is 0 Å². The topological polar surface area (TPSA) is 28.5 Å². The zero-order chi connectivity index (χ0) is 21.4. The SMILES string of the molecule is CCCCC1C(C)N=C2C(c3cc(-c4ccccc4)ccn3)C(C)c3ccccc3N21. The van der Waals surface area contributed by atoms with E-state index in [-0.39, 0.29) is 5.92 Å². The van der Waals surface area contributed by atoms with Crippen LogP contribution >= 0.6 is 0 Å². The fourth-order valence-electron chi connectivity index (χ4n) is 5.37. The summed E-state index contributed by atoms with van der Waals surface area (Å²) in [5.41, 5.74) is 6.32. The fraction of sp³-hybridized carbons (Fsp3) is 0.357. The Balaban J connectivity index is 1.61. The number of pyridine rings is 1.